The van der Waals surface area contributed by atoms with Crippen LogP contribution in [0, 0.1) is 6.92 Å². The fourth-order valence-corrected chi connectivity index (χ4v) is 4.14. The van der Waals surface area contributed by atoms with Crippen molar-refractivity contribution in [1.82, 2.24) is 0 Å². The third-order valence-corrected chi connectivity index (χ3v) is 6.19. The molecule has 1 fully saturated rings. The fraction of sp³-hybridized carbons (Fsp3) is 0.458. The highest BCUT2D eigenvalue weighted by atomic mass is 16.5. The summed E-state index contributed by atoms with van der Waals surface area (Å²) in [5, 5.41) is 9.44. The third kappa shape index (κ3) is 3.87. The predicted molar refractivity (Wildman–Crippen MR) is 108 cm³/mol. The first-order valence-electron chi connectivity index (χ1n) is 10.00. The zero-order valence-corrected chi connectivity index (χ0v) is 16.6. The molecule has 2 aromatic carbocycles. The van der Waals surface area contributed by atoms with E-state index >= 15 is 0 Å². The molecule has 3 nitrogen and oxygen atoms in total. The van der Waals surface area contributed by atoms with E-state index in [-0.39, 0.29) is 5.41 Å². The minimum Gasteiger partial charge on any atom is -0.478 e. The van der Waals surface area contributed by atoms with Crippen molar-refractivity contribution in [3.63, 3.8) is 0 Å². The molecule has 27 heavy (non-hydrogen) atoms. The van der Waals surface area contributed by atoms with Crippen LogP contribution in [-0.4, -0.2) is 16.7 Å². The van der Waals surface area contributed by atoms with Crippen molar-refractivity contribution in [3.8, 4) is 5.75 Å². The second kappa shape index (κ2) is 7.75. The van der Waals surface area contributed by atoms with Crippen LogP contribution in [0.4, 0.5) is 0 Å². The number of rotatable bonds is 6. The molecular formula is C24H30O3. The van der Waals surface area contributed by atoms with Gasteiger partial charge in [-0.25, -0.2) is 4.79 Å². The smallest absolute Gasteiger partial charge is 0.347 e. The van der Waals surface area contributed by atoms with Gasteiger partial charge in [0.25, 0.3) is 0 Å². The zero-order chi connectivity index (χ0) is 19.5. The van der Waals surface area contributed by atoms with Gasteiger partial charge in [-0.3, -0.25) is 0 Å². The number of aliphatic carboxylic acids is 1. The van der Waals surface area contributed by atoms with Crippen LogP contribution in [0.1, 0.15) is 69.1 Å². The van der Waals surface area contributed by atoms with Crippen LogP contribution >= 0.6 is 0 Å². The first kappa shape index (κ1) is 19.5. The summed E-state index contributed by atoms with van der Waals surface area (Å²) in [7, 11) is 0. The van der Waals surface area contributed by atoms with E-state index in [1.807, 2.05) is 19.1 Å². The number of ether oxygens (including phenoxy) is 1. The maximum absolute atomic E-state index is 11.5. The van der Waals surface area contributed by atoms with Gasteiger partial charge in [0.2, 0.25) is 5.60 Å². The average molecular weight is 367 g/mol. The minimum absolute atomic E-state index is 0.0470. The topological polar surface area (TPSA) is 46.5 Å². The van der Waals surface area contributed by atoms with Gasteiger partial charge in [0.15, 0.2) is 0 Å². The molecule has 0 spiro atoms. The molecule has 0 amide bonds. The number of benzene rings is 2. The molecule has 1 unspecified atom stereocenters. The van der Waals surface area contributed by atoms with E-state index in [4.69, 9.17) is 4.74 Å². The second-order valence-corrected chi connectivity index (χ2v) is 8.02. The van der Waals surface area contributed by atoms with E-state index in [1.165, 1.54) is 36.0 Å². The summed E-state index contributed by atoms with van der Waals surface area (Å²) in [4.78, 5) is 11.5. The van der Waals surface area contributed by atoms with Crippen molar-refractivity contribution in [2.45, 2.75) is 70.3 Å². The van der Waals surface area contributed by atoms with Crippen LogP contribution in [0.2, 0.25) is 0 Å². The minimum atomic E-state index is -1.19. The molecule has 1 saturated carbocycles. The van der Waals surface area contributed by atoms with Gasteiger partial charge in [-0.2, -0.15) is 0 Å². The van der Waals surface area contributed by atoms with Gasteiger partial charge in [-0.15, -0.1) is 0 Å². The molecule has 1 aliphatic carbocycles. The van der Waals surface area contributed by atoms with Crippen LogP contribution in [-0.2, 0) is 10.2 Å². The molecule has 144 valence electrons. The van der Waals surface area contributed by atoms with E-state index in [0.29, 0.717) is 12.2 Å². The van der Waals surface area contributed by atoms with Gasteiger partial charge in [-0.1, -0.05) is 68.1 Å². The summed E-state index contributed by atoms with van der Waals surface area (Å²) in [6.45, 7) is 5.58. The highest BCUT2D eigenvalue weighted by Gasteiger charge is 2.36. The number of carboxylic acid groups (broad SMARTS) is 1. The van der Waals surface area contributed by atoms with Crippen molar-refractivity contribution in [3.05, 3.63) is 65.2 Å². The Labute approximate surface area is 162 Å². The summed E-state index contributed by atoms with van der Waals surface area (Å²) >= 11 is 0. The van der Waals surface area contributed by atoms with Gasteiger partial charge >= 0.3 is 5.97 Å². The molecule has 0 saturated heterocycles. The lowest BCUT2D eigenvalue weighted by molar-refractivity contribution is -0.154. The molecule has 1 N–H and O–H groups in total. The zero-order valence-electron chi connectivity index (χ0n) is 16.6. The lowest BCUT2D eigenvalue weighted by atomic mass is 9.65. The normalized spacial score (nSPS) is 18.5. The largest absolute Gasteiger partial charge is 0.478 e. The molecule has 0 radical (unpaired) electrons. The lowest BCUT2D eigenvalue weighted by Gasteiger charge is -2.39. The number of hydrogen-bond donors (Lipinski definition) is 1. The third-order valence-electron chi connectivity index (χ3n) is 6.19. The Morgan fingerprint density at radius 2 is 1.52 bits per heavy atom. The second-order valence-electron chi connectivity index (χ2n) is 8.02. The first-order valence-corrected chi connectivity index (χ1v) is 10.00. The van der Waals surface area contributed by atoms with E-state index in [1.54, 1.807) is 6.92 Å². The van der Waals surface area contributed by atoms with Gasteiger partial charge in [0.05, 0.1) is 0 Å². The fourth-order valence-electron chi connectivity index (χ4n) is 4.14. The SMILES string of the molecule is CCC(C)(Oc1ccc(C2(c3ccc(C)cc3)CCCCC2)cc1)C(=O)O. The van der Waals surface area contributed by atoms with Gasteiger partial charge in [0.1, 0.15) is 5.75 Å². The lowest BCUT2D eigenvalue weighted by Crippen LogP contribution is -2.40. The summed E-state index contributed by atoms with van der Waals surface area (Å²) in [6, 6.07) is 17.0. The monoisotopic (exact) mass is 366 g/mol. The molecule has 1 aliphatic rings. The van der Waals surface area contributed by atoms with Gasteiger partial charge < -0.3 is 9.84 Å². The molecule has 3 rings (SSSR count). The molecule has 1 atom stereocenters. The van der Waals surface area contributed by atoms with E-state index in [9.17, 15) is 9.90 Å². The van der Waals surface area contributed by atoms with Crippen molar-refractivity contribution in [2.24, 2.45) is 0 Å². The summed E-state index contributed by atoms with van der Waals surface area (Å²) in [5.74, 6) is -0.321. The Hall–Kier alpha value is -2.29. The maximum atomic E-state index is 11.5. The molecular weight excluding hydrogens is 336 g/mol. The molecule has 0 heterocycles. The Morgan fingerprint density at radius 1 is 1.00 bits per heavy atom. The average Bonchev–Trinajstić information content (AvgIpc) is 2.69. The van der Waals surface area contributed by atoms with Crippen molar-refractivity contribution >= 4 is 5.97 Å². The number of hydrogen-bond acceptors (Lipinski definition) is 2. The standard InChI is InChI=1S/C24H30O3/c1-4-23(3,22(25)26)27-21-14-12-20(13-15-21)24(16-6-5-7-17-24)19-10-8-18(2)9-11-19/h8-15H,4-7,16-17H2,1-3H3,(H,25,26). The quantitative estimate of drug-likeness (QED) is 0.694. The summed E-state index contributed by atoms with van der Waals surface area (Å²) in [6.07, 6.45) is 6.48. The van der Waals surface area contributed by atoms with Gasteiger partial charge in [0, 0.05) is 5.41 Å². The number of carbonyl (C=O) groups is 1. The summed E-state index contributed by atoms with van der Waals surface area (Å²) < 4.78 is 5.81. The van der Waals surface area contributed by atoms with Crippen molar-refractivity contribution < 1.29 is 14.6 Å². The molecule has 2 aromatic rings. The van der Waals surface area contributed by atoms with Gasteiger partial charge in [-0.05, 0) is 56.4 Å². The molecule has 0 aliphatic heterocycles. The Kier molecular flexibility index (Phi) is 5.59. The Morgan fingerprint density at radius 3 is 2.00 bits per heavy atom. The molecule has 0 aromatic heterocycles. The van der Waals surface area contributed by atoms with Crippen LogP contribution in [0.25, 0.3) is 0 Å². The highest BCUT2D eigenvalue weighted by Crippen LogP contribution is 2.45. The summed E-state index contributed by atoms with van der Waals surface area (Å²) in [5.41, 5.74) is 2.81. The highest BCUT2D eigenvalue weighted by molar-refractivity contribution is 5.77. The number of carboxylic acids is 1. The van der Waals surface area contributed by atoms with Crippen LogP contribution in [0.3, 0.4) is 0 Å². The number of aryl methyl sites for hydroxylation is 1. The van der Waals surface area contributed by atoms with E-state index in [0.717, 1.165) is 12.8 Å². The van der Waals surface area contributed by atoms with Crippen LogP contribution in [0.5, 0.6) is 5.75 Å². The van der Waals surface area contributed by atoms with Crippen LogP contribution < -0.4 is 4.74 Å². The molecule has 3 heteroatoms. The Balaban J connectivity index is 1.92. The Bertz CT molecular complexity index is 770. The van der Waals surface area contributed by atoms with Crippen molar-refractivity contribution in [2.75, 3.05) is 0 Å². The predicted octanol–water partition coefficient (Wildman–Crippen LogP) is 5.88. The van der Waals surface area contributed by atoms with E-state index < -0.39 is 11.6 Å². The van der Waals surface area contributed by atoms with Crippen LogP contribution in [0.15, 0.2) is 48.5 Å². The maximum Gasteiger partial charge on any atom is 0.347 e. The van der Waals surface area contributed by atoms with E-state index in [2.05, 4.69) is 43.3 Å². The van der Waals surface area contributed by atoms with Crippen molar-refractivity contribution in [1.29, 1.82) is 0 Å². The first-order chi connectivity index (χ1) is 12.9. The molecule has 0 bridgehead atoms.